The van der Waals surface area contributed by atoms with Gasteiger partial charge < -0.3 is 9.73 Å². The van der Waals surface area contributed by atoms with Gasteiger partial charge in [-0.1, -0.05) is 39.3 Å². The molecule has 1 N–H and O–H groups in total. The summed E-state index contributed by atoms with van der Waals surface area (Å²) in [5.41, 5.74) is 2.54. The first kappa shape index (κ1) is 18.0. The molecule has 128 valence electrons. The largest absolute Gasteiger partial charge is 0.411 e. The molecule has 1 heterocycles. The molecule has 0 saturated heterocycles. The first-order valence-corrected chi connectivity index (χ1v) is 9.45. The summed E-state index contributed by atoms with van der Waals surface area (Å²) in [6, 6.07) is 12.8. The maximum absolute atomic E-state index is 12.1. The van der Waals surface area contributed by atoms with Gasteiger partial charge in [0.2, 0.25) is 11.8 Å². The molecular formula is C17H13BrClN3O2S. The quantitative estimate of drug-likeness (QED) is 0.555. The zero-order valence-electron chi connectivity index (χ0n) is 13.1. The van der Waals surface area contributed by atoms with Crippen LogP contribution < -0.4 is 5.32 Å². The second-order valence-electron chi connectivity index (χ2n) is 5.18. The molecule has 8 heteroatoms. The van der Waals surface area contributed by atoms with E-state index in [-0.39, 0.29) is 11.7 Å². The predicted octanol–water partition coefficient (Wildman–Crippen LogP) is 5.19. The summed E-state index contributed by atoms with van der Waals surface area (Å²) in [4.78, 5) is 12.1. The highest BCUT2D eigenvalue weighted by Crippen LogP contribution is 2.25. The Morgan fingerprint density at radius 2 is 2.00 bits per heavy atom. The van der Waals surface area contributed by atoms with Crippen molar-refractivity contribution in [2.24, 2.45) is 0 Å². The molecule has 25 heavy (non-hydrogen) atoms. The Labute approximate surface area is 162 Å². The Bertz CT molecular complexity index is 899. The number of halogens is 2. The Morgan fingerprint density at radius 3 is 2.72 bits per heavy atom. The molecule has 3 aromatic rings. The normalized spacial score (nSPS) is 10.7. The number of carbonyl (C=O) groups excluding carboxylic acids is 1. The zero-order valence-corrected chi connectivity index (χ0v) is 16.3. The van der Waals surface area contributed by atoms with Crippen LogP contribution in [-0.2, 0) is 4.79 Å². The van der Waals surface area contributed by atoms with Crippen molar-refractivity contribution in [2.75, 3.05) is 11.1 Å². The number of aromatic nitrogens is 2. The van der Waals surface area contributed by atoms with Crippen LogP contribution in [0.4, 0.5) is 5.69 Å². The summed E-state index contributed by atoms with van der Waals surface area (Å²) in [5, 5.41) is 11.8. The van der Waals surface area contributed by atoms with Crippen molar-refractivity contribution >= 4 is 50.9 Å². The van der Waals surface area contributed by atoms with Gasteiger partial charge in [-0.05, 0) is 55.0 Å². The van der Waals surface area contributed by atoms with E-state index in [2.05, 4.69) is 31.4 Å². The molecule has 0 bridgehead atoms. The number of carbonyl (C=O) groups is 1. The van der Waals surface area contributed by atoms with Gasteiger partial charge in [0, 0.05) is 20.7 Å². The van der Waals surface area contributed by atoms with Crippen LogP contribution in [0.3, 0.4) is 0 Å². The van der Waals surface area contributed by atoms with Crippen molar-refractivity contribution in [3.8, 4) is 11.5 Å². The lowest BCUT2D eigenvalue weighted by Gasteiger charge is -2.07. The molecule has 1 amide bonds. The summed E-state index contributed by atoms with van der Waals surface area (Å²) in [6.07, 6.45) is 0. The van der Waals surface area contributed by atoms with Gasteiger partial charge in [-0.3, -0.25) is 4.79 Å². The number of aryl methyl sites for hydroxylation is 1. The van der Waals surface area contributed by atoms with E-state index in [1.54, 1.807) is 24.3 Å². The molecule has 0 fully saturated rings. The lowest BCUT2D eigenvalue weighted by atomic mass is 10.2. The van der Waals surface area contributed by atoms with Crippen molar-refractivity contribution in [3.63, 3.8) is 0 Å². The van der Waals surface area contributed by atoms with E-state index >= 15 is 0 Å². The third kappa shape index (κ3) is 4.84. The minimum Gasteiger partial charge on any atom is -0.411 e. The highest BCUT2D eigenvalue weighted by Gasteiger charge is 2.12. The first-order valence-electron chi connectivity index (χ1n) is 7.29. The van der Waals surface area contributed by atoms with Crippen molar-refractivity contribution in [2.45, 2.75) is 12.1 Å². The SMILES string of the molecule is Cc1cc(Br)ccc1NC(=O)CSc1nnc(-c2ccc(Cl)cc2)o1. The standard InChI is InChI=1S/C17H13BrClN3O2S/c1-10-8-12(18)4-7-14(10)20-15(23)9-25-17-22-21-16(24-17)11-2-5-13(19)6-3-11/h2-8H,9H2,1H3,(H,20,23). The van der Waals surface area contributed by atoms with Crippen LogP contribution in [-0.4, -0.2) is 21.9 Å². The summed E-state index contributed by atoms with van der Waals surface area (Å²) < 4.78 is 6.53. The predicted molar refractivity (Wildman–Crippen MR) is 103 cm³/mol. The number of nitrogens with one attached hydrogen (secondary N) is 1. The molecule has 0 aliphatic carbocycles. The zero-order chi connectivity index (χ0) is 17.8. The second kappa shape index (κ2) is 8.03. The lowest BCUT2D eigenvalue weighted by molar-refractivity contribution is -0.113. The van der Waals surface area contributed by atoms with E-state index in [1.807, 2.05) is 25.1 Å². The van der Waals surface area contributed by atoms with Crippen LogP contribution in [0.1, 0.15) is 5.56 Å². The molecule has 0 aliphatic rings. The Morgan fingerprint density at radius 1 is 1.24 bits per heavy atom. The monoisotopic (exact) mass is 437 g/mol. The summed E-state index contributed by atoms with van der Waals surface area (Å²) in [6.45, 7) is 1.93. The Hall–Kier alpha value is -1.83. The second-order valence-corrected chi connectivity index (χ2v) is 7.45. The molecule has 3 rings (SSSR count). The van der Waals surface area contributed by atoms with Crippen molar-refractivity contribution in [3.05, 3.63) is 57.5 Å². The van der Waals surface area contributed by atoms with Gasteiger partial charge in [0.15, 0.2) is 0 Å². The van der Waals surface area contributed by atoms with E-state index in [0.29, 0.717) is 16.1 Å². The van der Waals surface area contributed by atoms with Gasteiger partial charge in [-0.2, -0.15) is 0 Å². The molecular weight excluding hydrogens is 426 g/mol. The van der Waals surface area contributed by atoms with Crippen LogP contribution in [0.2, 0.25) is 5.02 Å². The number of benzene rings is 2. The molecule has 0 aliphatic heterocycles. The highest BCUT2D eigenvalue weighted by molar-refractivity contribution is 9.10. The molecule has 0 spiro atoms. The molecule has 1 aromatic heterocycles. The Balaban J connectivity index is 1.58. The van der Waals surface area contributed by atoms with Gasteiger partial charge in [0.05, 0.1) is 5.75 Å². The number of nitrogens with zero attached hydrogens (tertiary/aromatic N) is 2. The maximum Gasteiger partial charge on any atom is 0.277 e. The summed E-state index contributed by atoms with van der Waals surface area (Å²) >= 11 is 10.4. The first-order chi connectivity index (χ1) is 12.0. The number of rotatable bonds is 5. The van der Waals surface area contributed by atoms with Gasteiger partial charge >= 0.3 is 0 Å². The molecule has 0 atom stereocenters. The molecule has 0 radical (unpaired) electrons. The molecule has 2 aromatic carbocycles. The number of amides is 1. The van der Waals surface area contributed by atoms with Gasteiger partial charge in [-0.15, -0.1) is 10.2 Å². The van der Waals surface area contributed by atoms with Crippen molar-refractivity contribution in [1.29, 1.82) is 0 Å². The van der Waals surface area contributed by atoms with E-state index in [4.69, 9.17) is 16.0 Å². The van der Waals surface area contributed by atoms with Crippen LogP contribution in [0.15, 0.2) is 56.6 Å². The third-order valence-electron chi connectivity index (χ3n) is 3.29. The fraction of sp³-hybridized carbons (Fsp3) is 0.118. The average Bonchev–Trinajstić information content (AvgIpc) is 3.05. The van der Waals surface area contributed by atoms with Crippen LogP contribution >= 0.6 is 39.3 Å². The lowest BCUT2D eigenvalue weighted by Crippen LogP contribution is -2.14. The fourth-order valence-electron chi connectivity index (χ4n) is 2.06. The Kier molecular flexibility index (Phi) is 5.78. The smallest absolute Gasteiger partial charge is 0.277 e. The van der Waals surface area contributed by atoms with Crippen LogP contribution in [0.25, 0.3) is 11.5 Å². The van der Waals surface area contributed by atoms with Crippen molar-refractivity contribution in [1.82, 2.24) is 10.2 Å². The number of hydrogen-bond donors (Lipinski definition) is 1. The third-order valence-corrected chi connectivity index (χ3v) is 4.85. The van der Waals surface area contributed by atoms with Gasteiger partial charge in [-0.25, -0.2) is 0 Å². The summed E-state index contributed by atoms with van der Waals surface area (Å²) in [7, 11) is 0. The van der Waals surface area contributed by atoms with Gasteiger partial charge in [0.1, 0.15) is 0 Å². The van der Waals surface area contributed by atoms with Crippen LogP contribution in [0, 0.1) is 6.92 Å². The van der Waals surface area contributed by atoms with E-state index in [0.717, 1.165) is 21.3 Å². The summed E-state index contributed by atoms with van der Waals surface area (Å²) in [5.74, 6) is 0.433. The average molecular weight is 439 g/mol. The van der Waals surface area contributed by atoms with Crippen molar-refractivity contribution < 1.29 is 9.21 Å². The van der Waals surface area contributed by atoms with E-state index in [1.165, 1.54) is 11.8 Å². The topological polar surface area (TPSA) is 68.0 Å². The highest BCUT2D eigenvalue weighted by atomic mass is 79.9. The molecule has 0 saturated carbocycles. The minimum atomic E-state index is -0.137. The molecule has 0 unspecified atom stereocenters. The van der Waals surface area contributed by atoms with E-state index in [9.17, 15) is 4.79 Å². The number of hydrogen-bond acceptors (Lipinski definition) is 5. The maximum atomic E-state index is 12.1. The van der Waals surface area contributed by atoms with E-state index < -0.39 is 0 Å². The number of thioether (sulfide) groups is 1. The minimum absolute atomic E-state index is 0.137. The number of anilines is 1. The fourth-order valence-corrected chi connectivity index (χ4v) is 3.22. The van der Waals surface area contributed by atoms with Crippen LogP contribution in [0.5, 0.6) is 0 Å². The van der Waals surface area contributed by atoms with Gasteiger partial charge in [0.25, 0.3) is 5.22 Å². The molecule has 5 nitrogen and oxygen atoms in total.